The Kier molecular flexibility index (Phi) is 4.05. The Balaban J connectivity index is 1.74. The lowest BCUT2D eigenvalue weighted by molar-refractivity contribution is 0.378. The summed E-state index contributed by atoms with van der Waals surface area (Å²) < 4.78 is 0. The first kappa shape index (κ1) is 11.0. The minimum atomic E-state index is 0.881. The number of hydrogen-bond donors (Lipinski definition) is 0. The first-order chi connectivity index (χ1) is 7.42. The van der Waals surface area contributed by atoms with Gasteiger partial charge in [-0.15, -0.1) is 0 Å². The highest BCUT2D eigenvalue weighted by Gasteiger charge is 2.32. The molecule has 84 valence electrons. The Morgan fingerprint density at radius 2 is 1.87 bits per heavy atom. The van der Waals surface area contributed by atoms with Crippen LogP contribution in [-0.2, 0) is 0 Å². The van der Waals surface area contributed by atoms with E-state index in [1.807, 2.05) is 0 Å². The summed E-state index contributed by atoms with van der Waals surface area (Å²) in [5.41, 5.74) is 0. The van der Waals surface area contributed by atoms with E-state index < -0.39 is 0 Å². The third-order valence-corrected chi connectivity index (χ3v) is 4.14. The van der Waals surface area contributed by atoms with Crippen molar-refractivity contribution in [3.63, 3.8) is 0 Å². The third kappa shape index (κ3) is 2.74. The molecule has 15 heavy (non-hydrogen) atoms. The van der Waals surface area contributed by atoms with Gasteiger partial charge in [-0.05, 0) is 37.0 Å². The summed E-state index contributed by atoms with van der Waals surface area (Å²) in [6, 6.07) is 0. The zero-order valence-electron chi connectivity index (χ0n) is 9.99. The first-order valence-electron chi connectivity index (χ1n) is 6.77. The van der Waals surface area contributed by atoms with Gasteiger partial charge in [-0.3, -0.25) is 0 Å². The van der Waals surface area contributed by atoms with Crippen LogP contribution in [0.25, 0.3) is 0 Å². The molecule has 0 aromatic carbocycles. The Bertz CT molecular complexity index is 236. The zero-order valence-corrected chi connectivity index (χ0v) is 9.99. The molecule has 0 heterocycles. The van der Waals surface area contributed by atoms with Gasteiger partial charge >= 0.3 is 0 Å². The van der Waals surface area contributed by atoms with Crippen molar-refractivity contribution in [2.75, 3.05) is 0 Å². The maximum Gasteiger partial charge on any atom is -0.0139 e. The van der Waals surface area contributed by atoms with Gasteiger partial charge in [-0.1, -0.05) is 56.9 Å². The molecule has 0 aromatic rings. The molecular weight excluding hydrogens is 180 g/mol. The van der Waals surface area contributed by atoms with Crippen molar-refractivity contribution in [2.45, 2.75) is 51.9 Å². The van der Waals surface area contributed by atoms with Crippen LogP contribution in [0, 0.1) is 17.8 Å². The summed E-state index contributed by atoms with van der Waals surface area (Å²) in [4.78, 5) is 0. The summed E-state index contributed by atoms with van der Waals surface area (Å²) in [6.45, 7) is 2.29. The third-order valence-electron chi connectivity index (χ3n) is 4.14. The maximum absolute atomic E-state index is 2.46. The zero-order chi connectivity index (χ0) is 10.5. The molecule has 0 aliphatic heterocycles. The molecule has 0 spiro atoms. The summed E-state index contributed by atoms with van der Waals surface area (Å²) in [6.07, 6.45) is 19.4. The van der Waals surface area contributed by atoms with E-state index in [0.29, 0.717) is 0 Å². The van der Waals surface area contributed by atoms with Gasteiger partial charge in [0.05, 0.1) is 0 Å². The molecule has 0 N–H and O–H groups in total. The standard InChI is InChI=1S/C15H24/c1-2-3-4-5-8-13-11-12-14-9-6-7-10-15(13)14/h6-7,9-10,13-15H,2-5,8,11-12H2,1H3. The van der Waals surface area contributed by atoms with Crippen molar-refractivity contribution in [2.24, 2.45) is 17.8 Å². The molecule has 0 amide bonds. The molecule has 1 saturated carbocycles. The van der Waals surface area contributed by atoms with Gasteiger partial charge in [-0.25, -0.2) is 0 Å². The van der Waals surface area contributed by atoms with Crippen LogP contribution in [0.3, 0.4) is 0 Å². The van der Waals surface area contributed by atoms with Gasteiger partial charge in [0.15, 0.2) is 0 Å². The van der Waals surface area contributed by atoms with Crippen molar-refractivity contribution >= 4 is 0 Å². The van der Waals surface area contributed by atoms with E-state index in [2.05, 4.69) is 31.2 Å². The van der Waals surface area contributed by atoms with Crippen LogP contribution in [-0.4, -0.2) is 0 Å². The Labute approximate surface area is 94.5 Å². The molecule has 2 rings (SSSR count). The fraction of sp³-hybridized carbons (Fsp3) is 0.733. The van der Waals surface area contributed by atoms with Crippen molar-refractivity contribution in [1.82, 2.24) is 0 Å². The lowest BCUT2D eigenvalue weighted by Crippen LogP contribution is -2.12. The van der Waals surface area contributed by atoms with Crippen LogP contribution in [0.1, 0.15) is 51.9 Å². The predicted octanol–water partition coefficient (Wildman–Crippen LogP) is 4.73. The summed E-state index contributed by atoms with van der Waals surface area (Å²) in [5, 5.41) is 0. The molecule has 0 aromatic heterocycles. The average molecular weight is 204 g/mol. The monoisotopic (exact) mass is 204 g/mol. The van der Waals surface area contributed by atoms with Crippen LogP contribution in [0.4, 0.5) is 0 Å². The van der Waals surface area contributed by atoms with Gasteiger partial charge < -0.3 is 0 Å². The fourth-order valence-electron chi connectivity index (χ4n) is 3.23. The van der Waals surface area contributed by atoms with Gasteiger partial charge in [0.2, 0.25) is 0 Å². The fourth-order valence-corrected chi connectivity index (χ4v) is 3.23. The quantitative estimate of drug-likeness (QED) is 0.568. The highest BCUT2D eigenvalue weighted by Crippen LogP contribution is 2.42. The highest BCUT2D eigenvalue weighted by molar-refractivity contribution is 5.17. The smallest absolute Gasteiger partial charge is 0.0139 e. The van der Waals surface area contributed by atoms with Gasteiger partial charge in [-0.2, -0.15) is 0 Å². The molecule has 3 atom stereocenters. The lowest BCUT2D eigenvalue weighted by Gasteiger charge is -2.21. The largest absolute Gasteiger partial charge is 0.0808 e. The summed E-state index contributed by atoms with van der Waals surface area (Å²) in [5.74, 6) is 2.76. The number of unbranched alkanes of at least 4 members (excludes halogenated alkanes) is 3. The van der Waals surface area contributed by atoms with Gasteiger partial charge in [0.1, 0.15) is 0 Å². The second-order valence-electron chi connectivity index (χ2n) is 5.20. The van der Waals surface area contributed by atoms with Crippen LogP contribution >= 0.6 is 0 Å². The molecular formula is C15H24. The van der Waals surface area contributed by atoms with E-state index in [4.69, 9.17) is 0 Å². The summed E-state index contributed by atoms with van der Waals surface area (Å²) in [7, 11) is 0. The number of allylic oxidation sites excluding steroid dienone is 4. The van der Waals surface area contributed by atoms with E-state index in [-0.39, 0.29) is 0 Å². The normalized spacial score (nSPS) is 33.3. The molecule has 2 aliphatic rings. The van der Waals surface area contributed by atoms with Gasteiger partial charge in [0.25, 0.3) is 0 Å². The minimum Gasteiger partial charge on any atom is -0.0808 e. The topological polar surface area (TPSA) is 0 Å². The van der Waals surface area contributed by atoms with E-state index in [0.717, 1.165) is 17.8 Å². The van der Waals surface area contributed by atoms with Gasteiger partial charge in [0, 0.05) is 0 Å². The first-order valence-corrected chi connectivity index (χ1v) is 6.77. The number of fused-ring (bicyclic) bond motifs is 1. The van der Waals surface area contributed by atoms with Crippen molar-refractivity contribution < 1.29 is 0 Å². The predicted molar refractivity (Wildman–Crippen MR) is 66.7 cm³/mol. The molecule has 1 fully saturated rings. The molecule has 0 saturated heterocycles. The van der Waals surface area contributed by atoms with Crippen LogP contribution in [0.5, 0.6) is 0 Å². The van der Waals surface area contributed by atoms with E-state index >= 15 is 0 Å². The molecule has 0 bridgehead atoms. The molecule has 3 unspecified atom stereocenters. The maximum atomic E-state index is 2.46. The van der Waals surface area contributed by atoms with E-state index in [1.54, 1.807) is 0 Å². The Morgan fingerprint density at radius 1 is 1.00 bits per heavy atom. The van der Waals surface area contributed by atoms with Crippen LogP contribution in [0.2, 0.25) is 0 Å². The van der Waals surface area contributed by atoms with Crippen molar-refractivity contribution in [3.05, 3.63) is 24.3 Å². The Hall–Kier alpha value is -0.520. The molecule has 0 nitrogen and oxygen atoms in total. The molecule has 0 heteroatoms. The highest BCUT2D eigenvalue weighted by atomic mass is 14.4. The van der Waals surface area contributed by atoms with Crippen LogP contribution in [0.15, 0.2) is 24.3 Å². The second-order valence-corrected chi connectivity index (χ2v) is 5.20. The molecule has 2 aliphatic carbocycles. The lowest BCUT2D eigenvalue weighted by atomic mass is 9.84. The SMILES string of the molecule is CCCCCCC1CCC2C=CC=CC21. The number of hydrogen-bond acceptors (Lipinski definition) is 0. The Morgan fingerprint density at radius 3 is 2.73 bits per heavy atom. The van der Waals surface area contributed by atoms with E-state index in [9.17, 15) is 0 Å². The molecule has 0 radical (unpaired) electrons. The average Bonchev–Trinajstić information content (AvgIpc) is 2.68. The van der Waals surface area contributed by atoms with Crippen molar-refractivity contribution in [3.8, 4) is 0 Å². The second kappa shape index (κ2) is 5.53. The van der Waals surface area contributed by atoms with E-state index in [1.165, 1.54) is 44.9 Å². The van der Waals surface area contributed by atoms with Crippen LogP contribution < -0.4 is 0 Å². The summed E-state index contributed by atoms with van der Waals surface area (Å²) >= 11 is 0. The van der Waals surface area contributed by atoms with Crippen molar-refractivity contribution in [1.29, 1.82) is 0 Å². The minimum absolute atomic E-state index is 0.881. The number of rotatable bonds is 5.